The van der Waals surface area contributed by atoms with Crippen LogP contribution in [0.5, 0.6) is 0 Å². The molecule has 6 heteroatoms. The van der Waals surface area contributed by atoms with Gasteiger partial charge in [0.05, 0.1) is 23.0 Å². The van der Waals surface area contributed by atoms with E-state index in [1.54, 1.807) is 6.07 Å². The van der Waals surface area contributed by atoms with E-state index in [1.807, 2.05) is 0 Å². The van der Waals surface area contributed by atoms with Crippen LogP contribution in [0.4, 0.5) is 5.69 Å². The lowest BCUT2D eigenvalue weighted by molar-refractivity contribution is -0.385. The SMILES string of the molecule is N#CC1(Cc2cc(Cl)ccc2[N+](=O)[O-])CCOC1. The first-order valence-corrected chi connectivity index (χ1v) is 5.86. The van der Waals surface area contributed by atoms with Gasteiger partial charge in [-0.15, -0.1) is 0 Å². The van der Waals surface area contributed by atoms with Crippen LogP contribution >= 0.6 is 11.6 Å². The van der Waals surface area contributed by atoms with Crippen LogP contribution < -0.4 is 0 Å². The van der Waals surface area contributed by atoms with Gasteiger partial charge in [0.2, 0.25) is 0 Å². The zero-order valence-electron chi connectivity index (χ0n) is 9.56. The van der Waals surface area contributed by atoms with Crippen LogP contribution in [0.3, 0.4) is 0 Å². The quantitative estimate of drug-likeness (QED) is 0.623. The zero-order chi connectivity index (χ0) is 13.2. The van der Waals surface area contributed by atoms with Crippen LogP contribution in [0.25, 0.3) is 0 Å². The molecule has 1 aliphatic heterocycles. The third-order valence-electron chi connectivity index (χ3n) is 3.11. The molecule has 18 heavy (non-hydrogen) atoms. The number of rotatable bonds is 3. The van der Waals surface area contributed by atoms with Crippen molar-refractivity contribution in [2.24, 2.45) is 5.41 Å². The standard InChI is InChI=1S/C12H11ClN2O3/c13-10-1-2-11(15(16)17)9(5-10)6-12(7-14)3-4-18-8-12/h1-2,5H,3-4,6,8H2. The number of nitro benzene ring substituents is 1. The Morgan fingerprint density at radius 1 is 1.61 bits per heavy atom. The van der Waals surface area contributed by atoms with Gasteiger partial charge in [0, 0.05) is 29.7 Å². The predicted molar refractivity (Wildman–Crippen MR) is 65.3 cm³/mol. The van der Waals surface area contributed by atoms with Crippen molar-refractivity contribution in [3.05, 3.63) is 38.9 Å². The molecular weight excluding hydrogens is 256 g/mol. The van der Waals surface area contributed by atoms with E-state index in [4.69, 9.17) is 16.3 Å². The molecule has 0 amide bonds. The van der Waals surface area contributed by atoms with Gasteiger partial charge >= 0.3 is 0 Å². The summed E-state index contributed by atoms with van der Waals surface area (Å²) in [6, 6.07) is 6.63. The summed E-state index contributed by atoms with van der Waals surface area (Å²) in [5, 5.41) is 20.6. The van der Waals surface area contributed by atoms with Crippen molar-refractivity contribution in [1.29, 1.82) is 5.26 Å². The summed E-state index contributed by atoms with van der Waals surface area (Å²) in [6.07, 6.45) is 0.882. The lowest BCUT2D eigenvalue weighted by atomic mass is 9.82. The van der Waals surface area contributed by atoms with Gasteiger partial charge in [-0.2, -0.15) is 5.26 Å². The number of hydrogen-bond donors (Lipinski definition) is 0. The van der Waals surface area contributed by atoms with E-state index in [0.29, 0.717) is 36.6 Å². The summed E-state index contributed by atoms with van der Waals surface area (Å²) in [5.74, 6) is 0. The molecule has 1 fully saturated rings. The van der Waals surface area contributed by atoms with E-state index in [1.165, 1.54) is 12.1 Å². The number of nitrogens with zero attached hydrogens (tertiary/aromatic N) is 2. The Kier molecular flexibility index (Phi) is 3.50. The Balaban J connectivity index is 2.36. The summed E-state index contributed by atoms with van der Waals surface area (Å²) in [5.41, 5.74) is -0.185. The third kappa shape index (κ3) is 2.45. The van der Waals surface area contributed by atoms with Crippen molar-refractivity contribution in [1.82, 2.24) is 0 Å². The molecule has 1 heterocycles. The van der Waals surface area contributed by atoms with Crippen molar-refractivity contribution < 1.29 is 9.66 Å². The van der Waals surface area contributed by atoms with Gasteiger partial charge in [-0.1, -0.05) is 11.6 Å². The molecule has 1 saturated heterocycles. The van der Waals surface area contributed by atoms with Crippen molar-refractivity contribution in [3.63, 3.8) is 0 Å². The lowest BCUT2D eigenvalue weighted by Crippen LogP contribution is -2.22. The fourth-order valence-electron chi connectivity index (χ4n) is 2.11. The summed E-state index contributed by atoms with van der Waals surface area (Å²) < 4.78 is 5.23. The van der Waals surface area contributed by atoms with Crippen LogP contribution in [0.2, 0.25) is 5.02 Å². The molecule has 0 bridgehead atoms. The molecule has 0 aliphatic carbocycles. The van der Waals surface area contributed by atoms with Gasteiger partial charge in [0.15, 0.2) is 0 Å². The normalized spacial score (nSPS) is 22.7. The zero-order valence-corrected chi connectivity index (χ0v) is 10.3. The van der Waals surface area contributed by atoms with Crippen molar-refractivity contribution in [2.45, 2.75) is 12.8 Å². The summed E-state index contributed by atoms with van der Waals surface area (Å²) in [4.78, 5) is 10.5. The summed E-state index contributed by atoms with van der Waals surface area (Å²) in [6.45, 7) is 0.828. The molecule has 1 aliphatic rings. The number of benzene rings is 1. The molecule has 2 rings (SSSR count). The fourth-order valence-corrected chi connectivity index (χ4v) is 2.31. The van der Waals surface area contributed by atoms with Gasteiger partial charge in [0.25, 0.3) is 5.69 Å². The van der Waals surface area contributed by atoms with E-state index < -0.39 is 10.3 Å². The van der Waals surface area contributed by atoms with Gasteiger partial charge in [0.1, 0.15) is 0 Å². The Hall–Kier alpha value is -1.64. The highest BCUT2D eigenvalue weighted by atomic mass is 35.5. The summed E-state index contributed by atoms with van der Waals surface area (Å²) >= 11 is 5.86. The first kappa shape index (κ1) is 12.8. The fraction of sp³-hybridized carbons (Fsp3) is 0.417. The number of nitro groups is 1. The van der Waals surface area contributed by atoms with Gasteiger partial charge in [-0.3, -0.25) is 10.1 Å². The van der Waals surface area contributed by atoms with Crippen LogP contribution in [-0.2, 0) is 11.2 Å². The maximum Gasteiger partial charge on any atom is 0.272 e. The Labute approximate surface area is 109 Å². The molecule has 1 atom stereocenters. The molecule has 94 valence electrons. The maximum absolute atomic E-state index is 10.9. The first-order chi connectivity index (χ1) is 8.56. The van der Waals surface area contributed by atoms with Crippen molar-refractivity contribution >= 4 is 17.3 Å². The Bertz CT molecular complexity index is 519. The number of hydrogen-bond acceptors (Lipinski definition) is 4. The topological polar surface area (TPSA) is 76.2 Å². The molecule has 0 radical (unpaired) electrons. The molecular formula is C12H11ClN2O3. The number of halogens is 1. The minimum absolute atomic E-state index is 0.000856. The van der Waals surface area contributed by atoms with Gasteiger partial charge in [-0.25, -0.2) is 0 Å². The summed E-state index contributed by atoms with van der Waals surface area (Å²) in [7, 11) is 0. The Morgan fingerprint density at radius 3 is 2.94 bits per heavy atom. The van der Waals surface area contributed by atoms with Crippen LogP contribution in [-0.4, -0.2) is 18.1 Å². The third-order valence-corrected chi connectivity index (χ3v) is 3.34. The van der Waals surface area contributed by atoms with E-state index in [-0.39, 0.29) is 5.69 Å². The molecule has 0 spiro atoms. The van der Waals surface area contributed by atoms with Gasteiger partial charge < -0.3 is 4.74 Å². The largest absolute Gasteiger partial charge is 0.380 e. The van der Waals surface area contributed by atoms with Crippen molar-refractivity contribution in [2.75, 3.05) is 13.2 Å². The second kappa shape index (κ2) is 4.92. The van der Waals surface area contributed by atoms with E-state index in [0.717, 1.165) is 0 Å². The van der Waals surface area contributed by atoms with Crippen molar-refractivity contribution in [3.8, 4) is 6.07 Å². The molecule has 0 saturated carbocycles. The molecule has 0 aromatic heterocycles. The minimum atomic E-state index is -0.671. The van der Waals surface area contributed by atoms with E-state index in [9.17, 15) is 15.4 Å². The molecule has 1 aromatic carbocycles. The minimum Gasteiger partial charge on any atom is -0.380 e. The number of ether oxygens (including phenoxy) is 1. The van der Waals surface area contributed by atoms with Crippen LogP contribution in [0.1, 0.15) is 12.0 Å². The average molecular weight is 267 g/mol. The van der Waals surface area contributed by atoms with Crippen LogP contribution in [0, 0.1) is 26.9 Å². The first-order valence-electron chi connectivity index (χ1n) is 5.48. The monoisotopic (exact) mass is 266 g/mol. The van der Waals surface area contributed by atoms with E-state index in [2.05, 4.69) is 6.07 Å². The second-order valence-electron chi connectivity index (χ2n) is 4.40. The smallest absolute Gasteiger partial charge is 0.272 e. The highest BCUT2D eigenvalue weighted by Gasteiger charge is 2.37. The average Bonchev–Trinajstić information content (AvgIpc) is 2.78. The second-order valence-corrected chi connectivity index (χ2v) is 4.84. The number of nitriles is 1. The Morgan fingerprint density at radius 2 is 2.39 bits per heavy atom. The molecule has 1 unspecified atom stereocenters. The van der Waals surface area contributed by atoms with Crippen LogP contribution in [0.15, 0.2) is 18.2 Å². The maximum atomic E-state index is 10.9. The lowest BCUT2D eigenvalue weighted by Gasteiger charge is -2.18. The molecule has 5 nitrogen and oxygen atoms in total. The predicted octanol–water partition coefficient (Wildman–Crippen LogP) is 2.72. The highest BCUT2D eigenvalue weighted by molar-refractivity contribution is 6.30. The van der Waals surface area contributed by atoms with E-state index >= 15 is 0 Å². The highest BCUT2D eigenvalue weighted by Crippen LogP contribution is 2.35. The molecule has 0 N–H and O–H groups in total. The molecule has 1 aromatic rings. The van der Waals surface area contributed by atoms with Gasteiger partial charge in [-0.05, 0) is 18.6 Å².